The number of amides is 1. The van der Waals surface area contributed by atoms with Crippen molar-refractivity contribution in [2.75, 3.05) is 42.9 Å². The number of hydrogen-bond acceptors (Lipinski definition) is 6. The van der Waals surface area contributed by atoms with E-state index in [1.54, 1.807) is 24.8 Å². The number of rotatable bonds is 5. The quantitative estimate of drug-likeness (QED) is 0.497. The lowest BCUT2D eigenvalue weighted by molar-refractivity contribution is -0.384. The van der Waals surface area contributed by atoms with Gasteiger partial charge in [0.15, 0.2) is 0 Å². The van der Waals surface area contributed by atoms with Gasteiger partial charge >= 0.3 is 6.18 Å². The van der Waals surface area contributed by atoms with E-state index >= 15 is 0 Å². The Morgan fingerprint density at radius 3 is 2.61 bits per heavy atom. The number of benzene rings is 1. The van der Waals surface area contributed by atoms with Gasteiger partial charge in [0.25, 0.3) is 5.69 Å². The average Bonchev–Trinajstić information content (AvgIpc) is 2.96. The Labute approximate surface area is 193 Å². The highest BCUT2D eigenvalue weighted by molar-refractivity contribution is 6.33. The van der Waals surface area contributed by atoms with Crippen LogP contribution in [-0.4, -0.2) is 53.4 Å². The van der Waals surface area contributed by atoms with Gasteiger partial charge in [-0.2, -0.15) is 13.2 Å². The van der Waals surface area contributed by atoms with Crippen LogP contribution in [0.3, 0.4) is 0 Å². The zero-order valence-corrected chi connectivity index (χ0v) is 18.8. The molecule has 0 spiro atoms. The van der Waals surface area contributed by atoms with Crippen molar-refractivity contribution >= 4 is 34.7 Å². The summed E-state index contributed by atoms with van der Waals surface area (Å²) >= 11 is 6.06. The standard InChI is InChI=1S/C21H23ClF3N5O3/c1-13-4-5-17(30(32)33)19(14(13)2)27-18(31)12-28-6-3-7-29(9-8-28)20-16(22)10-15(11-26-20)21(23,24)25/h4-5,10-11H,3,6-9,12H2,1-2H3,(H,27,31). The van der Waals surface area contributed by atoms with Crippen LogP contribution in [0.15, 0.2) is 24.4 Å². The van der Waals surface area contributed by atoms with E-state index in [1.165, 1.54) is 6.07 Å². The summed E-state index contributed by atoms with van der Waals surface area (Å²) in [5.74, 6) is -0.118. The number of nitrogens with zero attached hydrogens (tertiary/aromatic N) is 4. The minimum atomic E-state index is -4.52. The molecular formula is C21H23ClF3N5O3. The minimum Gasteiger partial charge on any atom is -0.354 e. The molecule has 1 aromatic carbocycles. The van der Waals surface area contributed by atoms with Crippen molar-refractivity contribution in [2.45, 2.75) is 26.4 Å². The Bertz CT molecular complexity index is 1060. The molecule has 1 aliphatic heterocycles. The van der Waals surface area contributed by atoms with Crippen LogP contribution in [0.5, 0.6) is 0 Å². The third kappa shape index (κ3) is 5.91. The van der Waals surface area contributed by atoms with Gasteiger partial charge < -0.3 is 10.2 Å². The summed E-state index contributed by atoms with van der Waals surface area (Å²) in [6, 6.07) is 3.85. The van der Waals surface area contributed by atoms with E-state index in [0.29, 0.717) is 38.2 Å². The largest absolute Gasteiger partial charge is 0.417 e. The van der Waals surface area contributed by atoms with Crippen LogP contribution >= 0.6 is 11.6 Å². The summed E-state index contributed by atoms with van der Waals surface area (Å²) < 4.78 is 38.6. The number of halogens is 4. The molecule has 12 heteroatoms. The van der Waals surface area contributed by atoms with E-state index in [0.717, 1.165) is 17.8 Å². The molecule has 0 aliphatic carbocycles. The number of hydrogen-bond donors (Lipinski definition) is 1. The van der Waals surface area contributed by atoms with Crippen LogP contribution in [0.4, 0.5) is 30.4 Å². The van der Waals surface area contributed by atoms with Gasteiger partial charge in [0, 0.05) is 38.4 Å². The lowest BCUT2D eigenvalue weighted by Gasteiger charge is -2.24. The monoisotopic (exact) mass is 485 g/mol. The third-order valence-electron chi connectivity index (χ3n) is 5.58. The zero-order valence-electron chi connectivity index (χ0n) is 18.1. The molecule has 2 aromatic rings. The second-order valence-electron chi connectivity index (χ2n) is 7.85. The lowest BCUT2D eigenvalue weighted by atomic mass is 10.1. The first-order valence-electron chi connectivity index (χ1n) is 10.2. The SMILES string of the molecule is Cc1ccc([N+](=O)[O-])c(NC(=O)CN2CCCN(c3ncc(C(F)(F)F)cc3Cl)CC2)c1C. The number of aromatic nitrogens is 1. The number of anilines is 2. The summed E-state index contributed by atoms with van der Waals surface area (Å²) in [5, 5.41) is 13.9. The second kappa shape index (κ2) is 9.92. The van der Waals surface area contributed by atoms with Crippen molar-refractivity contribution in [3.63, 3.8) is 0 Å². The van der Waals surface area contributed by atoms with Crippen molar-refractivity contribution in [3.8, 4) is 0 Å². The maximum atomic E-state index is 12.9. The van der Waals surface area contributed by atoms with Gasteiger partial charge in [-0.05, 0) is 37.5 Å². The molecular weight excluding hydrogens is 463 g/mol. The maximum absolute atomic E-state index is 12.9. The normalized spacial score (nSPS) is 15.3. The molecule has 1 amide bonds. The molecule has 0 bridgehead atoms. The number of nitrogens with one attached hydrogen (secondary N) is 1. The fourth-order valence-corrected chi connectivity index (χ4v) is 3.94. The van der Waals surface area contributed by atoms with Crippen LogP contribution in [0, 0.1) is 24.0 Å². The molecule has 0 radical (unpaired) electrons. The van der Waals surface area contributed by atoms with Crippen molar-refractivity contribution in [1.82, 2.24) is 9.88 Å². The van der Waals surface area contributed by atoms with E-state index in [1.807, 2.05) is 4.90 Å². The molecule has 33 heavy (non-hydrogen) atoms. The summed E-state index contributed by atoms with van der Waals surface area (Å²) in [6.45, 7) is 5.47. The number of pyridine rings is 1. The van der Waals surface area contributed by atoms with Gasteiger partial charge in [0.2, 0.25) is 5.91 Å². The molecule has 2 heterocycles. The highest BCUT2D eigenvalue weighted by Crippen LogP contribution is 2.34. The Balaban J connectivity index is 1.65. The molecule has 3 rings (SSSR count). The van der Waals surface area contributed by atoms with Gasteiger partial charge in [-0.3, -0.25) is 19.8 Å². The number of nitro benzene ring substituents is 1. The summed E-state index contributed by atoms with van der Waals surface area (Å²) in [4.78, 5) is 31.0. The number of carbonyl (C=O) groups excluding carboxylic acids is 1. The van der Waals surface area contributed by atoms with Crippen molar-refractivity contribution in [1.29, 1.82) is 0 Å². The molecule has 0 atom stereocenters. The number of carbonyl (C=O) groups is 1. The van der Waals surface area contributed by atoms with E-state index < -0.39 is 16.7 Å². The topological polar surface area (TPSA) is 91.6 Å². The van der Waals surface area contributed by atoms with Crippen molar-refractivity contribution in [3.05, 3.63) is 56.2 Å². The highest BCUT2D eigenvalue weighted by atomic mass is 35.5. The van der Waals surface area contributed by atoms with Crippen molar-refractivity contribution in [2.24, 2.45) is 0 Å². The van der Waals surface area contributed by atoms with Gasteiger partial charge in [0.1, 0.15) is 11.5 Å². The molecule has 1 aromatic heterocycles. The predicted octanol–water partition coefficient (Wildman–Crippen LogP) is 4.43. The molecule has 178 valence electrons. The van der Waals surface area contributed by atoms with Gasteiger partial charge in [0.05, 0.1) is 22.1 Å². The van der Waals surface area contributed by atoms with Crippen molar-refractivity contribution < 1.29 is 22.9 Å². The first-order valence-corrected chi connectivity index (χ1v) is 10.6. The Kier molecular flexibility index (Phi) is 7.43. The van der Waals surface area contributed by atoms with Crippen LogP contribution in [0.1, 0.15) is 23.1 Å². The fraction of sp³-hybridized carbons (Fsp3) is 0.429. The van der Waals surface area contributed by atoms with Crippen LogP contribution in [0.25, 0.3) is 0 Å². The lowest BCUT2D eigenvalue weighted by Crippen LogP contribution is -2.36. The summed E-state index contributed by atoms with van der Waals surface area (Å²) in [6.07, 6.45) is -3.13. The van der Waals surface area contributed by atoms with E-state index in [9.17, 15) is 28.1 Å². The first kappa shape index (κ1) is 24.7. The number of alkyl halides is 3. The highest BCUT2D eigenvalue weighted by Gasteiger charge is 2.32. The molecule has 0 unspecified atom stereocenters. The third-order valence-corrected chi connectivity index (χ3v) is 5.86. The number of nitro groups is 1. The Morgan fingerprint density at radius 2 is 1.97 bits per heavy atom. The van der Waals surface area contributed by atoms with E-state index in [4.69, 9.17) is 11.6 Å². The smallest absolute Gasteiger partial charge is 0.354 e. The molecule has 1 saturated heterocycles. The van der Waals surface area contributed by atoms with Gasteiger partial charge in [-0.25, -0.2) is 4.98 Å². The Morgan fingerprint density at radius 1 is 1.24 bits per heavy atom. The van der Waals surface area contributed by atoms with Crippen LogP contribution in [0.2, 0.25) is 5.02 Å². The summed E-state index contributed by atoms with van der Waals surface area (Å²) in [7, 11) is 0. The number of aryl methyl sites for hydroxylation is 1. The van der Waals surface area contributed by atoms with Crippen LogP contribution < -0.4 is 10.2 Å². The Hall–Kier alpha value is -2.92. The molecule has 8 nitrogen and oxygen atoms in total. The maximum Gasteiger partial charge on any atom is 0.417 e. The molecule has 1 fully saturated rings. The van der Waals surface area contributed by atoms with E-state index in [2.05, 4.69) is 10.3 Å². The molecule has 1 aliphatic rings. The van der Waals surface area contributed by atoms with Gasteiger partial charge in [-0.1, -0.05) is 17.7 Å². The van der Waals surface area contributed by atoms with Crippen LogP contribution in [-0.2, 0) is 11.0 Å². The minimum absolute atomic E-state index is 0.0204. The average molecular weight is 486 g/mol. The molecule has 1 N–H and O–H groups in total. The molecule has 0 saturated carbocycles. The predicted molar refractivity (Wildman–Crippen MR) is 119 cm³/mol. The zero-order chi connectivity index (χ0) is 24.3. The first-order chi connectivity index (χ1) is 15.5. The van der Waals surface area contributed by atoms with Gasteiger partial charge in [-0.15, -0.1) is 0 Å². The summed E-state index contributed by atoms with van der Waals surface area (Å²) in [5.41, 5.74) is 0.549. The fourth-order valence-electron chi connectivity index (χ4n) is 3.65. The van der Waals surface area contributed by atoms with E-state index in [-0.39, 0.29) is 34.7 Å². The second-order valence-corrected chi connectivity index (χ2v) is 8.26.